The molecular formula is C17H18ClNO2S. The van der Waals surface area contributed by atoms with E-state index in [-0.39, 0.29) is 30.6 Å². The molecule has 1 aromatic carbocycles. The molecule has 1 amide bonds. The fourth-order valence-corrected chi connectivity index (χ4v) is 2.96. The minimum absolute atomic E-state index is 0.0240. The number of ketones is 1. The van der Waals surface area contributed by atoms with Gasteiger partial charge < -0.3 is 4.90 Å². The average molecular weight is 336 g/mol. The van der Waals surface area contributed by atoms with Crippen molar-refractivity contribution in [2.75, 3.05) is 7.05 Å². The van der Waals surface area contributed by atoms with E-state index in [2.05, 4.69) is 0 Å². The minimum atomic E-state index is -0.0541. The van der Waals surface area contributed by atoms with Gasteiger partial charge in [-0.1, -0.05) is 29.8 Å². The molecule has 0 aliphatic heterocycles. The molecule has 1 heterocycles. The molecule has 1 unspecified atom stereocenters. The zero-order chi connectivity index (χ0) is 16.1. The van der Waals surface area contributed by atoms with Crippen LogP contribution in [0.1, 0.15) is 41.0 Å². The highest BCUT2D eigenvalue weighted by molar-refractivity contribution is 7.12. The van der Waals surface area contributed by atoms with E-state index in [0.29, 0.717) is 9.90 Å². The highest BCUT2D eigenvalue weighted by atomic mass is 35.5. The van der Waals surface area contributed by atoms with E-state index in [1.807, 2.05) is 42.6 Å². The SMILES string of the molecule is CC(c1ccc(Cl)cc1)N(C)C(=O)CCC(=O)c1cccs1. The van der Waals surface area contributed by atoms with Gasteiger partial charge >= 0.3 is 0 Å². The maximum atomic E-state index is 12.2. The zero-order valence-electron chi connectivity index (χ0n) is 12.6. The van der Waals surface area contributed by atoms with Crippen LogP contribution in [-0.4, -0.2) is 23.6 Å². The third-order valence-electron chi connectivity index (χ3n) is 3.69. The van der Waals surface area contributed by atoms with Crippen LogP contribution in [-0.2, 0) is 4.79 Å². The Morgan fingerprint density at radius 3 is 2.45 bits per heavy atom. The first-order valence-corrected chi connectivity index (χ1v) is 8.32. The fraction of sp³-hybridized carbons (Fsp3) is 0.294. The Kier molecular flexibility index (Phi) is 5.75. The minimum Gasteiger partial charge on any atom is -0.339 e. The molecule has 5 heteroatoms. The van der Waals surface area contributed by atoms with Crippen LogP contribution in [0, 0.1) is 0 Å². The molecule has 0 fully saturated rings. The molecule has 0 aliphatic rings. The van der Waals surface area contributed by atoms with Crippen molar-refractivity contribution in [1.82, 2.24) is 4.90 Å². The molecule has 0 radical (unpaired) electrons. The van der Waals surface area contributed by atoms with E-state index in [1.165, 1.54) is 11.3 Å². The second-order valence-corrected chi connectivity index (χ2v) is 6.52. The first-order valence-electron chi connectivity index (χ1n) is 7.07. The number of hydrogen-bond acceptors (Lipinski definition) is 3. The molecule has 116 valence electrons. The van der Waals surface area contributed by atoms with Crippen LogP contribution in [0.25, 0.3) is 0 Å². The monoisotopic (exact) mass is 335 g/mol. The Labute approximate surface area is 139 Å². The normalized spacial score (nSPS) is 12.0. The second-order valence-electron chi connectivity index (χ2n) is 5.13. The smallest absolute Gasteiger partial charge is 0.223 e. The number of carbonyl (C=O) groups excluding carboxylic acids is 2. The van der Waals surface area contributed by atoms with Gasteiger partial charge in [-0.15, -0.1) is 11.3 Å². The molecule has 0 bridgehead atoms. The second kappa shape index (κ2) is 7.56. The summed E-state index contributed by atoms with van der Waals surface area (Å²) in [5, 5.41) is 2.54. The van der Waals surface area contributed by atoms with Gasteiger partial charge in [0.05, 0.1) is 10.9 Å². The summed E-state index contributed by atoms with van der Waals surface area (Å²) in [5.74, 6) is -0.0109. The first kappa shape index (κ1) is 16.7. The highest BCUT2D eigenvalue weighted by Crippen LogP contribution is 2.22. The van der Waals surface area contributed by atoms with Crippen LogP contribution in [0.15, 0.2) is 41.8 Å². The Bertz CT molecular complexity index is 637. The van der Waals surface area contributed by atoms with Crippen molar-refractivity contribution >= 4 is 34.6 Å². The van der Waals surface area contributed by atoms with Crippen LogP contribution in [0.3, 0.4) is 0 Å². The van der Waals surface area contributed by atoms with Gasteiger partial charge in [-0.3, -0.25) is 9.59 Å². The predicted molar refractivity (Wildman–Crippen MR) is 90.5 cm³/mol. The van der Waals surface area contributed by atoms with Crippen molar-refractivity contribution in [2.45, 2.75) is 25.8 Å². The number of rotatable bonds is 6. The summed E-state index contributed by atoms with van der Waals surface area (Å²) in [5.41, 5.74) is 1.02. The summed E-state index contributed by atoms with van der Waals surface area (Å²) in [4.78, 5) is 26.6. The molecule has 22 heavy (non-hydrogen) atoms. The lowest BCUT2D eigenvalue weighted by Crippen LogP contribution is -2.29. The lowest BCUT2D eigenvalue weighted by atomic mass is 10.1. The van der Waals surface area contributed by atoms with Crippen molar-refractivity contribution in [3.05, 3.63) is 57.2 Å². The molecule has 0 spiro atoms. The van der Waals surface area contributed by atoms with Crippen molar-refractivity contribution in [3.8, 4) is 0 Å². The molecule has 1 atom stereocenters. The first-order chi connectivity index (χ1) is 10.5. The van der Waals surface area contributed by atoms with Gasteiger partial charge in [0, 0.05) is 24.9 Å². The van der Waals surface area contributed by atoms with Gasteiger partial charge in [-0.05, 0) is 36.1 Å². The van der Waals surface area contributed by atoms with Gasteiger partial charge in [-0.25, -0.2) is 0 Å². The lowest BCUT2D eigenvalue weighted by Gasteiger charge is -2.25. The molecular weight excluding hydrogens is 318 g/mol. The number of benzene rings is 1. The third-order valence-corrected chi connectivity index (χ3v) is 4.85. The van der Waals surface area contributed by atoms with E-state index in [0.717, 1.165) is 5.56 Å². The number of hydrogen-bond donors (Lipinski definition) is 0. The molecule has 0 aliphatic carbocycles. The van der Waals surface area contributed by atoms with Gasteiger partial charge in [0.15, 0.2) is 5.78 Å². The van der Waals surface area contributed by atoms with Crippen LogP contribution >= 0.6 is 22.9 Å². The number of amides is 1. The summed E-state index contributed by atoms with van der Waals surface area (Å²) in [6, 6.07) is 11.0. The lowest BCUT2D eigenvalue weighted by molar-refractivity contribution is -0.131. The Balaban J connectivity index is 1.91. The van der Waals surface area contributed by atoms with E-state index >= 15 is 0 Å². The maximum absolute atomic E-state index is 12.2. The van der Waals surface area contributed by atoms with E-state index < -0.39 is 0 Å². The summed E-state index contributed by atoms with van der Waals surface area (Å²) in [6.45, 7) is 1.96. The fourth-order valence-electron chi connectivity index (χ4n) is 2.14. The average Bonchev–Trinajstić information content (AvgIpc) is 3.06. The van der Waals surface area contributed by atoms with E-state index in [1.54, 1.807) is 18.0 Å². The van der Waals surface area contributed by atoms with E-state index in [9.17, 15) is 9.59 Å². The number of halogens is 1. The molecule has 2 aromatic rings. The molecule has 0 saturated heterocycles. The van der Waals surface area contributed by atoms with Gasteiger partial charge in [0.25, 0.3) is 0 Å². The van der Waals surface area contributed by atoms with Crippen LogP contribution in [0.2, 0.25) is 5.02 Å². The van der Waals surface area contributed by atoms with Crippen molar-refractivity contribution in [2.24, 2.45) is 0 Å². The molecule has 0 N–H and O–H groups in total. The maximum Gasteiger partial charge on any atom is 0.223 e. The Morgan fingerprint density at radius 2 is 1.86 bits per heavy atom. The van der Waals surface area contributed by atoms with Crippen LogP contribution in [0.4, 0.5) is 0 Å². The van der Waals surface area contributed by atoms with Gasteiger partial charge in [0.1, 0.15) is 0 Å². The zero-order valence-corrected chi connectivity index (χ0v) is 14.2. The van der Waals surface area contributed by atoms with Crippen molar-refractivity contribution < 1.29 is 9.59 Å². The quantitative estimate of drug-likeness (QED) is 0.724. The number of Topliss-reactive ketones (excluding diaryl/α,β-unsaturated/α-hetero) is 1. The van der Waals surface area contributed by atoms with Crippen molar-refractivity contribution in [1.29, 1.82) is 0 Å². The van der Waals surface area contributed by atoms with Gasteiger partial charge in [0.2, 0.25) is 5.91 Å². The molecule has 0 saturated carbocycles. The molecule has 1 aromatic heterocycles. The van der Waals surface area contributed by atoms with Crippen LogP contribution in [0.5, 0.6) is 0 Å². The number of nitrogens with zero attached hydrogens (tertiary/aromatic N) is 1. The summed E-state index contributed by atoms with van der Waals surface area (Å²) >= 11 is 7.28. The standard InChI is InChI=1S/C17H18ClNO2S/c1-12(13-5-7-14(18)8-6-13)19(2)17(21)10-9-15(20)16-4-3-11-22-16/h3-8,11-12H,9-10H2,1-2H3. The number of carbonyl (C=O) groups is 2. The molecule has 3 nitrogen and oxygen atoms in total. The topological polar surface area (TPSA) is 37.4 Å². The number of thiophene rings is 1. The largest absolute Gasteiger partial charge is 0.339 e. The summed E-state index contributed by atoms with van der Waals surface area (Å²) in [7, 11) is 1.76. The van der Waals surface area contributed by atoms with Gasteiger partial charge in [-0.2, -0.15) is 0 Å². The van der Waals surface area contributed by atoms with E-state index in [4.69, 9.17) is 11.6 Å². The Hall–Kier alpha value is -1.65. The van der Waals surface area contributed by atoms with Crippen molar-refractivity contribution in [3.63, 3.8) is 0 Å². The molecule has 2 rings (SSSR count). The third kappa shape index (κ3) is 4.18. The summed E-state index contributed by atoms with van der Waals surface area (Å²) in [6.07, 6.45) is 0.474. The summed E-state index contributed by atoms with van der Waals surface area (Å²) < 4.78 is 0. The predicted octanol–water partition coefficient (Wildman–Crippen LogP) is 4.58. The Morgan fingerprint density at radius 1 is 1.18 bits per heavy atom. The highest BCUT2D eigenvalue weighted by Gasteiger charge is 2.18. The van der Waals surface area contributed by atoms with Crippen LogP contribution < -0.4 is 0 Å².